The first-order chi connectivity index (χ1) is 9.88. The molecule has 21 heavy (non-hydrogen) atoms. The number of urea groups is 1. The zero-order valence-corrected chi connectivity index (χ0v) is 12.5. The third-order valence-corrected chi connectivity index (χ3v) is 2.81. The standard InChI is InChI=1S/C15H21N3O3/c1-17(2)10-11-18(3)15(21)16-13-7-4-12(5-8-13)6-9-14(19)20/h4-9H,10-11H2,1-3H3,(H,16,21)(H,19,20). The van der Waals surface area contributed by atoms with E-state index < -0.39 is 5.97 Å². The molecule has 2 N–H and O–H groups in total. The summed E-state index contributed by atoms with van der Waals surface area (Å²) >= 11 is 0. The van der Waals surface area contributed by atoms with Crippen LogP contribution in [-0.2, 0) is 4.79 Å². The molecule has 0 aliphatic heterocycles. The molecular formula is C15H21N3O3. The molecule has 114 valence electrons. The van der Waals surface area contributed by atoms with Gasteiger partial charge < -0.3 is 20.2 Å². The van der Waals surface area contributed by atoms with E-state index in [0.29, 0.717) is 12.2 Å². The van der Waals surface area contributed by atoms with Gasteiger partial charge in [-0.2, -0.15) is 0 Å². The highest BCUT2D eigenvalue weighted by Gasteiger charge is 2.08. The number of hydrogen-bond donors (Lipinski definition) is 2. The van der Waals surface area contributed by atoms with E-state index in [1.54, 1.807) is 36.2 Å². The predicted octanol–water partition coefficient (Wildman–Crippen LogP) is 1.81. The van der Waals surface area contributed by atoms with Gasteiger partial charge in [0.15, 0.2) is 0 Å². The summed E-state index contributed by atoms with van der Waals surface area (Å²) in [5, 5.41) is 11.3. The van der Waals surface area contributed by atoms with E-state index in [2.05, 4.69) is 5.32 Å². The molecule has 0 fully saturated rings. The minimum Gasteiger partial charge on any atom is -0.478 e. The summed E-state index contributed by atoms with van der Waals surface area (Å²) in [5.41, 5.74) is 1.43. The smallest absolute Gasteiger partial charge is 0.328 e. The number of benzene rings is 1. The van der Waals surface area contributed by atoms with E-state index in [1.807, 2.05) is 19.0 Å². The van der Waals surface area contributed by atoms with E-state index in [0.717, 1.165) is 18.2 Å². The molecule has 0 unspecified atom stereocenters. The van der Waals surface area contributed by atoms with Crippen molar-refractivity contribution in [1.29, 1.82) is 0 Å². The van der Waals surface area contributed by atoms with Gasteiger partial charge in [-0.3, -0.25) is 0 Å². The van der Waals surface area contributed by atoms with Crippen molar-refractivity contribution in [1.82, 2.24) is 9.80 Å². The fourth-order valence-corrected chi connectivity index (χ4v) is 1.52. The zero-order valence-electron chi connectivity index (χ0n) is 12.5. The van der Waals surface area contributed by atoms with Crippen molar-refractivity contribution >= 4 is 23.8 Å². The Morgan fingerprint density at radius 3 is 2.29 bits per heavy atom. The average molecular weight is 291 g/mol. The van der Waals surface area contributed by atoms with Crippen LogP contribution in [0.25, 0.3) is 6.08 Å². The number of carbonyl (C=O) groups is 2. The largest absolute Gasteiger partial charge is 0.478 e. The van der Waals surface area contributed by atoms with Gasteiger partial charge in [-0.25, -0.2) is 9.59 Å². The van der Waals surface area contributed by atoms with Crippen LogP contribution in [0.3, 0.4) is 0 Å². The number of carboxylic acid groups (broad SMARTS) is 1. The number of rotatable bonds is 6. The van der Waals surface area contributed by atoms with E-state index in [-0.39, 0.29) is 6.03 Å². The average Bonchev–Trinajstić information content (AvgIpc) is 2.43. The van der Waals surface area contributed by atoms with Gasteiger partial charge in [0.2, 0.25) is 0 Å². The Balaban J connectivity index is 2.55. The van der Waals surface area contributed by atoms with Crippen LogP contribution in [0.4, 0.5) is 10.5 Å². The number of aliphatic carboxylic acids is 1. The third-order valence-electron chi connectivity index (χ3n) is 2.81. The fraction of sp³-hybridized carbons (Fsp3) is 0.333. The lowest BCUT2D eigenvalue weighted by Crippen LogP contribution is -2.36. The maximum atomic E-state index is 11.9. The molecule has 0 bridgehead atoms. The van der Waals surface area contributed by atoms with Crippen molar-refractivity contribution in [3.8, 4) is 0 Å². The third kappa shape index (κ3) is 6.58. The molecule has 0 aromatic heterocycles. The van der Waals surface area contributed by atoms with E-state index in [1.165, 1.54) is 6.08 Å². The van der Waals surface area contributed by atoms with E-state index >= 15 is 0 Å². The number of amides is 2. The van der Waals surface area contributed by atoms with Gasteiger partial charge in [0, 0.05) is 31.9 Å². The van der Waals surface area contributed by atoms with Crippen LogP contribution in [0.5, 0.6) is 0 Å². The summed E-state index contributed by atoms with van der Waals surface area (Å²) < 4.78 is 0. The summed E-state index contributed by atoms with van der Waals surface area (Å²) in [6, 6.07) is 6.79. The monoisotopic (exact) mass is 291 g/mol. The Bertz CT molecular complexity index is 509. The van der Waals surface area contributed by atoms with Crippen molar-refractivity contribution in [2.45, 2.75) is 0 Å². The fourth-order valence-electron chi connectivity index (χ4n) is 1.52. The summed E-state index contributed by atoms with van der Waals surface area (Å²) in [5.74, 6) is -0.991. The first-order valence-electron chi connectivity index (χ1n) is 6.56. The normalized spacial score (nSPS) is 10.9. The first kappa shape index (κ1) is 16.7. The van der Waals surface area contributed by atoms with Crippen LogP contribution in [0.15, 0.2) is 30.3 Å². The lowest BCUT2D eigenvalue weighted by molar-refractivity contribution is -0.131. The molecule has 0 atom stereocenters. The summed E-state index contributed by atoms with van der Waals surface area (Å²) in [6.45, 7) is 1.43. The minimum atomic E-state index is -0.991. The number of anilines is 1. The highest BCUT2D eigenvalue weighted by Crippen LogP contribution is 2.11. The molecule has 1 aromatic rings. The number of likely N-dealkylation sites (N-methyl/N-ethyl adjacent to an activating group) is 2. The van der Waals surface area contributed by atoms with Gasteiger partial charge in [-0.1, -0.05) is 12.1 Å². The second-order valence-corrected chi connectivity index (χ2v) is 4.95. The van der Waals surface area contributed by atoms with E-state index in [4.69, 9.17) is 5.11 Å². The van der Waals surface area contributed by atoms with Crippen molar-refractivity contribution in [2.75, 3.05) is 39.5 Å². The van der Waals surface area contributed by atoms with Gasteiger partial charge in [0.1, 0.15) is 0 Å². The molecule has 0 radical (unpaired) electrons. The molecule has 1 rings (SSSR count). The lowest BCUT2D eigenvalue weighted by Gasteiger charge is -2.20. The van der Waals surface area contributed by atoms with Crippen LogP contribution in [0.1, 0.15) is 5.56 Å². The molecule has 0 aliphatic rings. The molecule has 0 spiro atoms. The zero-order chi connectivity index (χ0) is 15.8. The maximum absolute atomic E-state index is 11.9. The number of nitrogens with one attached hydrogen (secondary N) is 1. The second kappa shape index (κ2) is 8.06. The summed E-state index contributed by atoms with van der Waals surface area (Å²) in [6.07, 6.45) is 2.57. The number of hydrogen-bond acceptors (Lipinski definition) is 3. The van der Waals surface area contributed by atoms with Crippen molar-refractivity contribution in [3.63, 3.8) is 0 Å². The van der Waals surface area contributed by atoms with Crippen molar-refractivity contribution in [3.05, 3.63) is 35.9 Å². The van der Waals surface area contributed by atoms with Gasteiger partial charge in [0.05, 0.1) is 0 Å². The second-order valence-electron chi connectivity index (χ2n) is 4.95. The predicted molar refractivity (Wildman–Crippen MR) is 83.3 cm³/mol. The summed E-state index contributed by atoms with van der Waals surface area (Å²) in [7, 11) is 5.65. The lowest BCUT2D eigenvalue weighted by atomic mass is 10.2. The first-order valence-corrected chi connectivity index (χ1v) is 6.56. The van der Waals surface area contributed by atoms with Gasteiger partial charge >= 0.3 is 12.0 Å². The molecule has 0 saturated heterocycles. The Labute approximate surface area is 124 Å². The number of carbonyl (C=O) groups excluding carboxylic acids is 1. The van der Waals surface area contributed by atoms with Crippen molar-refractivity contribution < 1.29 is 14.7 Å². The molecule has 2 amide bonds. The Kier molecular flexibility index (Phi) is 6.42. The van der Waals surface area contributed by atoms with Gasteiger partial charge in [-0.05, 0) is 37.9 Å². The van der Waals surface area contributed by atoms with Crippen LogP contribution >= 0.6 is 0 Å². The summed E-state index contributed by atoms with van der Waals surface area (Å²) in [4.78, 5) is 26.0. The highest BCUT2D eigenvalue weighted by molar-refractivity contribution is 5.89. The molecule has 0 heterocycles. The highest BCUT2D eigenvalue weighted by atomic mass is 16.4. The SMILES string of the molecule is CN(C)CCN(C)C(=O)Nc1ccc(C=CC(=O)O)cc1. The number of carboxylic acids is 1. The molecule has 6 heteroatoms. The maximum Gasteiger partial charge on any atom is 0.328 e. The topological polar surface area (TPSA) is 72.9 Å². The Morgan fingerprint density at radius 1 is 1.14 bits per heavy atom. The minimum absolute atomic E-state index is 0.175. The van der Waals surface area contributed by atoms with Crippen LogP contribution in [0, 0.1) is 0 Å². The van der Waals surface area contributed by atoms with Crippen LogP contribution < -0.4 is 5.32 Å². The molecule has 0 saturated carbocycles. The van der Waals surface area contributed by atoms with Crippen LogP contribution in [-0.4, -0.2) is 61.1 Å². The molecule has 6 nitrogen and oxygen atoms in total. The van der Waals surface area contributed by atoms with Crippen LogP contribution in [0.2, 0.25) is 0 Å². The molecular weight excluding hydrogens is 270 g/mol. The Morgan fingerprint density at radius 2 is 1.76 bits per heavy atom. The molecule has 1 aromatic carbocycles. The van der Waals surface area contributed by atoms with Gasteiger partial charge in [0.25, 0.3) is 0 Å². The molecule has 0 aliphatic carbocycles. The Hall–Kier alpha value is -2.34. The van der Waals surface area contributed by atoms with Gasteiger partial charge in [-0.15, -0.1) is 0 Å². The quantitative estimate of drug-likeness (QED) is 0.784. The number of nitrogens with zero attached hydrogens (tertiary/aromatic N) is 2. The van der Waals surface area contributed by atoms with Crippen molar-refractivity contribution in [2.24, 2.45) is 0 Å². The van der Waals surface area contributed by atoms with E-state index in [9.17, 15) is 9.59 Å².